The Morgan fingerprint density at radius 1 is 1.03 bits per heavy atom. The molecule has 0 radical (unpaired) electrons. The Bertz CT molecular complexity index is 1080. The van der Waals surface area contributed by atoms with Crippen LogP contribution in [0.25, 0.3) is 10.9 Å². The van der Waals surface area contributed by atoms with E-state index >= 15 is 0 Å². The summed E-state index contributed by atoms with van der Waals surface area (Å²) in [5.74, 6) is -3.04. The van der Waals surface area contributed by atoms with Gasteiger partial charge < -0.3 is 42.2 Å². The van der Waals surface area contributed by atoms with Crippen LogP contribution in [0.5, 0.6) is 0 Å². The van der Waals surface area contributed by atoms with Gasteiger partial charge in [0.2, 0.25) is 17.7 Å². The SMILES string of the molecule is NCCCCC(NC(=O)C1CCCN1)C(=O)NC(CO)C(=O)NC(Cc1c[nH]c2ccccc12)C(=O)O. The van der Waals surface area contributed by atoms with E-state index < -0.39 is 42.5 Å². The van der Waals surface area contributed by atoms with Crippen LogP contribution in [-0.2, 0) is 25.6 Å². The number of aromatic nitrogens is 1. The number of nitrogens with one attached hydrogen (secondary N) is 5. The average Bonchev–Trinajstić information content (AvgIpc) is 3.57. The minimum Gasteiger partial charge on any atom is -0.480 e. The largest absolute Gasteiger partial charge is 0.480 e. The van der Waals surface area contributed by atoms with Crippen LogP contribution in [0.2, 0.25) is 0 Å². The number of hydrogen-bond acceptors (Lipinski definition) is 7. The van der Waals surface area contributed by atoms with Crippen LogP contribution < -0.4 is 27.0 Å². The molecular weight excluding hydrogens is 480 g/mol. The molecule has 0 spiro atoms. The molecule has 202 valence electrons. The van der Waals surface area contributed by atoms with Crippen molar-refractivity contribution in [1.82, 2.24) is 26.3 Å². The molecule has 0 aliphatic carbocycles. The van der Waals surface area contributed by atoms with Gasteiger partial charge >= 0.3 is 5.97 Å². The fourth-order valence-electron chi connectivity index (χ4n) is 4.40. The van der Waals surface area contributed by atoms with E-state index in [0.29, 0.717) is 37.8 Å². The number of aliphatic hydroxyl groups is 1. The summed E-state index contributed by atoms with van der Waals surface area (Å²) in [7, 11) is 0. The standard InChI is InChI=1S/C25H36N6O6/c26-10-4-3-8-19(29-22(33)18-9-5-11-27-18)23(34)31-21(14-32)24(35)30-20(25(36)37)12-15-13-28-17-7-2-1-6-16(15)17/h1-2,6-7,13,18-21,27-28,32H,3-5,8-12,14,26H2,(H,29,33)(H,30,35)(H,31,34)(H,36,37). The van der Waals surface area contributed by atoms with Gasteiger partial charge in [0.05, 0.1) is 12.6 Å². The van der Waals surface area contributed by atoms with E-state index in [4.69, 9.17) is 5.73 Å². The lowest BCUT2D eigenvalue weighted by Gasteiger charge is -2.24. The first-order valence-electron chi connectivity index (χ1n) is 12.6. The number of para-hydroxylation sites is 1. The third kappa shape index (κ3) is 7.75. The lowest BCUT2D eigenvalue weighted by molar-refractivity contribution is -0.142. The van der Waals surface area contributed by atoms with Gasteiger partial charge in [-0.25, -0.2) is 4.79 Å². The topological polar surface area (TPSA) is 199 Å². The van der Waals surface area contributed by atoms with Crippen molar-refractivity contribution in [1.29, 1.82) is 0 Å². The van der Waals surface area contributed by atoms with Crippen molar-refractivity contribution in [3.8, 4) is 0 Å². The molecular formula is C25H36N6O6. The second-order valence-electron chi connectivity index (χ2n) is 9.20. The molecule has 3 amide bonds. The van der Waals surface area contributed by atoms with E-state index in [-0.39, 0.29) is 18.4 Å². The second-order valence-corrected chi connectivity index (χ2v) is 9.20. The van der Waals surface area contributed by atoms with E-state index in [1.54, 1.807) is 6.20 Å². The predicted molar refractivity (Wildman–Crippen MR) is 136 cm³/mol. The van der Waals surface area contributed by atoms with Crippen molar-refractivity contribution in [2.75, 3.05) is 19.7 Å². The minimum atomic E-state index is -1.39. The van der Waals surface area contributed by atoms with E-state index in [1.807, 2.05) is 24.3 Å². The van der Waals surface area contributed by atoms with Crippen molar-refractivity contribution in [2.45, 2.75) is 62.7 Å². The van der Waals surface area contributed by atoms with Crippen LogP contribution >= 0.6 is 0 Å². The third-order valence-electron chi connectivity index (χ3n) is 6.49. The number of H-pyrrole nitrogens is 1. The van der Waals surface area contributed by atoms with E-state index in [0.717, 1.165) is 23.9 Å². The molecule has 1 fully saturated rings. The maximum Gasteiger partial charge on any atom is 0.326 e. The highest BCUT2D eigenvalue weighted by Gasteiger charge is 2.31. The smallest absolute Gasteiger partial charge is 0.326 e. The molecule has 3 rings (SSSR count). The van der Waals surface area contributed by atoms with Gasteiger partial charge in [-0.05, 0) is 56.8 Å². The Labute approximate surface area is 214 Å². The Balaban J connectivity index is 1.64. The Kier molecular flexibility index (Phi) is 10.4. The van der Waals surface area contributed by atoms with Crippen molar-refractivity contribution >= 4 is 34.6 Å². The molecule has 1 aliphatic heterocycles. The summed E-state index contributed by atoms with van der Waals surface area (Å²) in [6.07, 6.45) is 4.75. The molecule has 2 heterocycles. The van der Waals surface area contributed by atoms with Gasteiger partial charge in [-0.15, -0.1) is 0 Å². The lowest BCUT2D eigenvalue weighted by Crippen LogP contribution is -2.58. The summed E-state index contributed by atoms with van der Waals surface area (Å²) >= 11 is 0. The van der Waals surface area contributed by atoms with Crippen LogP contribution in [0.3, 0.4) is 0 Å². The molecule has 2 aromatic rings. The molecule has 1 saturated heterocycles. The summed E-state index contributed by atoms with van der Waals surface area (Å²) in [6.45, 7) is 0.407. The van der Waals surface area contributed by atoms with Crippen LogP contribution in [0.1, 0.15) is 37.7 Å². The van der Waals surface area contributed by atoms with E-state index in [2.05, 4.69) is 26.3 Å². The molecule has 1 aliphatic rings. The number of amides is 3. The highest BCUT2D eigenvalue weighted by Crippen LogP contribution is 2.19. The Hall–Kier alpha value is -3.48. The lowest BCUT2D eigenvalue weighted by atomic mass is 10.0. The highest BCUT2D eigenvalue weighted by atomic mass is 16.4. The van der Waals surface area contributed by atoms with Gasteiger partial charge in [0, 0.05) is 23.5 Å². The molecule has 1 aromatic heterocycles. The highest BCUT2D eigenvalue weighted by molar-refractivity contribution is 5.94. The van der Waals surface area contributed by atoms with Crippen molar-refractivity contribution < 1.29 is 29.4 Å². The number of hydrogen-bond donors (Lipinski definition) is 8. The molecule has 0 bridgehead atoms. The molecule has 12 heteroatoms. The molecule has 4 unspecified atom stereocenters. The van der Waals surface area contributed by atoms with Crippen molar-refractivity contribution in [2.24, 2.45) is 5.73 Å². The first-order valence-corrected chi connectivity index (χ1v) is 12.6. The fraction of sp³-hybridized carbons (Fsp3) is 0.520. The zero-order chi connectivity index (χ0) is 26.8. The van der Waals surface area contributed by atoms with Gasteiger partial charge in [0.1, 0.15) is 18.1 Å². The van der Waals surface area contributed by atoms with Crippen LogP contribution in [-0.4, -0.2) is 82.8 Å². The summed E-state index contributed by atoms with van der Waals surface area (Å²) in [4.78, 5) is 53.4. The second kappa shape index (κ2) is 13.7. The van der Waals surface area contributed by atoms with Crippen LogP contribution in [0.4, 0.5) is 0 Å². The number of benzene rings is 1. The number of carbonyl (C=O) groups is 4. The van der Waals surface area contributed by atoms with Gasteiger partial charge in [-0.2, -0.15) is 0 Å². The summed E-state index contributed by atoms with van der Waals surface area (Å²) in [5, 5.41) is 31.0. The number of carbonyl (C=O) groups excluding carboxylic acids is 3. The molecule has 12 nitrogen and oxygen atoms in total. The Morgan fingerprint density at radius 3 is 2.43 bits per heavy atom. The van der Waals surface area contributed by atoms with Crippen LogP contribution in [0.15, 0.2) is 30.5 Å². The quantitative estimate of drug-likeness (QED) is 0.148. The van der Waals surface area contributed by atoms with Gasteiger partial charge in [-0.3, -0.25) is 14.4 Å². The monoisotopic (exact) mass is 516 g/mol. The third-order valence-corrected chi connectivity index (χ3v) is 6.49. The van der Waals surface area contributed by atoms with E-state index in [1.165, 1.54) is 0 Å². The molecule has 1 aromatic carbocycles. The number of nitrogens with two attached hydrogens (primary N) is 1. The maximum atomic E-state index is 13.0. The normalized spacial score (nSPS) is 17.6. The number of aromatic amines is 1. The molecule has 37 heavy (non-hydrogen) atoms. The first kappa shape index (κ1) is 28.1. The van der Waals surface area contributed by atoms with Gasteiger partial charge in [-0.1, -0.05) is 18.2 Å². The summed E-state index contributed by atoms with van der Waals surface area (Å²) in [6, 6.07) is 3.39. The molecule has 4 atom stereocenters. The van der Waals surface area contributed by atoms with Gasteiger partial charge in [0.25, 0.3) is 0 Å². The number of aliphatic hydroxyl groups excluding tert-OH is 1. The number of carboxylic acids is 1. The number of fused-ring (bicyclic) bond motifs is 1. The minimum absolute atomic E-state index is 0.00331. The zero-order valence-electron chi connectivity index (χ0n) is 20.7. The van der Waals surface area contributed by atoms with E-state index in [9.17, 15) is 29.4 Å². The molecule has 0 saturated carbocycles. The Morgan fingerprint density at radius 2 is 1.76 bits per heavy atom. The molecule has 9 N–H and O–H groups in total. The number of aliphatic carboxylic acids is 1. The predicted octanol–water partition coefficient (Wildman–Crippen LogP) is -0.877. The average molecular weight is 517 g/mol. The van der Waals surface area contributed by atoms with Crippen molar-refractivity contribution in [3.63, 3.8) is 0 Å². The summed E-state index contributed by atoms with van der Waals surface area (Å²) in [5.41, 5.74) is 7.09. The zero-order valence-corrected chi connectivity index (χ0v) is 20.7. The first-order chi connectivity index (χ1) is 17.8. The summed E-state index contributed by atoms with van der Waals surface area (Å²) < 4.78 is 0. The van der Waals surface area contributed by atoms with Crippen molar-refractivity contribution in [3.05, 3.63) is 36.0 Å². The van der Waals surface area contributed by atoms with Gasteiger partial charge in [0.15, 0.2) is 0 Å². The number of rotatable bonds is 14. The number of unbranched alkanes of at least 4 members (excludes halogenated alkanes) is 1. The number of carboxylic acid groups (broad SMARTS) is 1. The fourth-order valence-corrected chi connectivity index (χ4v) is 4.40. The van der Waals surface area contributed by atoms with Crippen LogP contribution in [0, 0.1) is 0 Å². The maximum absolute atomic E-state index is 13.0.